The average molecular weight is 347 g/mol. The zero-order valence-electron chi connectivity index (χ0n) is 13.2. The van der Waals surface area contributed by atoms with E-state index in [0.29, 0.717) is 5.69 Å². The third-order valence-corrected chi connectivity index (χ3v) is 4.08. The molecule has 1 amide bonds. The topological polar surface area (TPSA) is 54.0 Å². The monoisotopic (exact) mass is 347 g/mol. The van der Waals surface area contributed by atoms with Gasteiger partial charge in [0.25, 0.3) is 0 Å². The number of pyridine rings is 1. The Balaban J connectivity index is 1.77. The van der Waals surface area contributed by atoms with Crippen LogP contribution in [-0.2, 0) is 17.4 Å². The second-order valence-corrected chi connectivity index (χ2v) is 5.77. The summed E-state index contributed by atoms with van der Waals surface area (Å²) in [6.45, 7) is 3.40. The van der Waals surface area contributed by atoms with Crippen molar-refractivity contribution >= 4 is 17.4 Å². The van der Waals surface area contributed by atoms with Crippen molar-refractivity contribution in [1.29, 1.82) is 0 Å². The fraction of sp³-hybridized carbons (Fsp3) is 0.222. The Bertz CT molecular complexity index is 817. The minimum Gasteiger partial charge on any atom is -0.363 e. The molecule has 130 valence electrons. The minimum atomic E-state index is -4.40. The fourth-order valence-electron chi connectivity index (χ4n) is 2.90. The van der Waals surface area contributed by atoms with E-state index in [0.717, 1.165) is 42.3 Å². The van der Waals surface area contributed by atoms with Crippen molar-refractivity contribution < 1.29 is 18.0 Å². The average Bonchev–Trinajstić information content (AvgIpc) is 2.96. The van der Waals surface area contributed by atoms with Gasteiger partial charge in [-0.25, -0.2) is 4.98 Å². The number of alkyl halides is 3. The normalized spacial score (nSPS) is 16.2. The van der Waals surface area contributed by atoms with Gasteiger partial charge in [0.05, 0.1) is 11.6 Å². The summed E-state index contributed by atoms with van der Waals surface area (Å²) in [6, 6.07) is 7.35. The SMILES string of the molecule is C=CC(=O)Nc1ccc2c(c1)CCC2Nc1cc(C(F)(F)F)ccn1. The number of carbonyl (C=O) groups is 1. The molecule has 0 saturated carbocycles. The number of anilines is 2. The maximum atomic E-state index is 12.8. The van der Waals surface area contributed by atoms with Crippen LogP contribution in [0.25, 0.3) is 0 Å². The lowest BCUT2D eigenvalue weighted by molar-refractivity contribution is -0.137. The van der Waals surface area contributed by atoms with Gasteiger partial charge < -0.3 is 10.6 Å². The highest BCUT2D eigenvalue weighted by atomic mass is 19.4. The zero-order chi connectivity index (χ0) is 18.0. The quantitative estimate of drug-likeness (QED) is 0.810. The molecule has 3 rings (SSSR count). The number of aryl methyl sites for hydroxylation is 1. The Morgan fingerprint density at radius 2 is 2.08 bits per heavy atom. The van der Waals surface area contributed by atoms with E-state index in [9.17, 15) is 18.0 Å². The first-order valence-corrected chi connectivity index (χ1v) is 7.73. The van der Waals surface area contributed by atoms with Crippen molar-refractivity contribution in [3.63, 3.8) is 0 Å². The van der Waals surface area contributed by atoms with E-state index >= 15 is 0 Å². The Hall–Kier alpha value is -2.83. The molecule has 0 radical (unpaired) electrons. The number of rotatable bonds is 4. The Morgan fingerprint density at radius 1 is 1.28 bits per heavy atom. The summed E-state index contributed by atoms with van der Waals surface area (Å²) in [7, 11) is 0. The molecule has 1 aliphatic rings. The van der Waals surface area contributed by atoms with Crippen LogP contribution in [0.15, 0.2) is 49.2 Å². The van der Waals surface area contributed by atoms with Crippen LogP contribution in [0.5, 0.6) is 0 Å². The molecule has 7 heteroatoms. The summed E-state index contributed by atoms with van der Waals surface area (Å²) in [5.41, 5.74) is 1.98. The first kappa shape index (κ1) is 17.0. The number of halogens is 3. The smallest absolute Gasteiger partial charge is 0.363 e. The van der Waals surface area contributed by atoms with E-state index in [1.165, 1.54) is 6.08 Å². The van der Waals surface area contributed by atoms with E-state index in [1.807, 2.05) is 12.1 Å². The molecule has 2 aromatic rings. The van der Waals surface area contributed by atoms with Gasteiger partial charge in [0.1, 0.15) is 5.82 Å². The number of fused-ring (bicyclic) bond motifs is 1. The maximum Gasteiger partial charge on any atom is 0.416 e. The van der Waals surface area contributed by atoms with Crippen molar-refractivity contribution in [3.05, 3.63) is 65.9 Å². The van der Waals surface area contributed by atoms with Gasteiger partial charge in [-0.2, -0.15) is 13.2 Å². The van der Waals surface area contributed by atoms with Gasteiger partial charge >= 0.3 is 6.18 Å². The Morgan fingerprint density at radius 3 is 2.80 bits per heavy atom. The molecule has 1 aromatic heterocycles. The Kier molecular flexibility index (Phi) is 4.48. The van der Waals surface area contributed by atoms with Crippen molar-refractivity contribution in [2.45, 2.75) is 25.1 Å². The summed E-state index contributed by atoms with van der Waals surface area (Å²) < 4.78 is 38.4. The van der Waals surface area contributed by atoms with Crippen LogP contribution in [0.2, 0.25) is 0 Å². The second kappa shape index (κ2) is 6.58. The van der Waals surface area contributed by atoms with Crippen molar-refractivity contribution in [2.75, 3.05) is 10.6 Å². The van der Waals surface area contributed by atoms with Crippen molar-refractivity contribution in [1.82, 2.24) is 4.98 Å². The lowest BCUT2D eigenvalue weighted by Crippen LogP contribution is -2.11. The number of carbonyl (C=O) groups excluding carboxylic acids is 1. The number of aromatic nitrogens is 1. The molecule has 0 spiro atoms. The van der Waals surface area contributed by atoms with Gasteiger partial charge in [0.2, 0.25) is 5.91 Å². The predicted molar refractivity (Wildman–Crippen MR) is 89.2 cm³/mol. The summed E-state index contributed by atoms with van der Waals surface area (Å²) in [5.74, 6) is -0.0995. The molecule has 1 aliphatic carbocycles. The maximum absolute atomic E-state index is 12.8. The molecular weight excluding hydrogens is 331 g/mol. The van der Waals surface area contributed by atoms with Crippen LogP contribution in [-0.4, -0.2) is 10.9 Å². The fourth-order valence-corrected chi connectivity index (χ4v) is 2.90. The van der Waals surface area contributed by atoms with E-state index in [-0.39, 0.29) is 17.8 Å². The van der Waals surface area contributed by atoms with Crippen LogP contribution >= 0.6 is 0 Å². The van der Waals surface area contributed by atoms with Gasteiger partial charge in [-0.3, -0.25) is 4.79 Å². The highest BCUT2D eigenvalue weighted by molar-refractivity contribution is 5.98. The molecule has 4 nitrogen and oxygen atoms in total. The second-order valence-electron chi connectivity index (χ2n) is 5.77. The molecule has 1 unspecified atom stereocenters. The van der Waals surface area contributed by atoms with Crippen molar-refractivity contribution in [3.8, 4) is 0 Å². The van der Waals surface area contributed by atoms with Gasteiger partial charge in [0, 0.05) is 11.9 Å². The van der Waals surface area contributed by atoms with Crippen LogP contribution in [0.4, 0.5) is 24.7 Å². The predicted octanol–water partition coefficient (Wildman–Crippen LogP) is 4.32. The molecule has 1 atom stereocenters. The van der Waals surface area contributed by atoms with Crippen LogP contribution in [0, 0.1) is 0 Å². The highest BCUT2D eigenvalue weighted by Gasteiger charge is 2.31. The van der Waals surface area contributed by atoms with E-state index < -0.39 is 11.7 Å². The van der Waals surface area contributed by atoms with Gasteiger partial charge in [-0.1, -0.05) is 12.6 Å². The number of hydrogen-bond donors (Lipinski definition) is 2. The number of nitrogens with one attached hydrogen (secondary N) is 2. The molecule has 1 aromatic carbocycles. The molecule has 0 aliphatic heterocycles. The molecular formula is C18H16F3N3O. The highest BCUT2D eigenvalue weighted by Crippen LogP contribution is 2.36. The van der Waals surface area contributed by atoms with E-state index in [2.05, 4.69) is 22.2 Å². The number of benzene rings is 1. The van der Waals surface area contributed by atoms with E-state index in [1.54, 1.807) is 6.07 Å². The Labute approximate surface area is 142 Å². The zero-order valence-corrected chi connectivity index (χ0v) is 13.2. The van der Waals surface area contributed by atoms with E-state index in [4.69, 9.17) is 0 Å². The molecule has 0 bridgehead atoms. The molecule has 2 N–H and O–H groups in total. The lowest BCUT2D eigenvalue weighted by Gasteiger charge is -2.16. The molecule has 0 saturated heterocycles. The van der Waals surface area contributed by atoms with Gasteiger partial charge in [-0.05, 0) is 54.3 Å². The minimum absolute atomic E-state index is 0.116. The van der Waals surface area contributed by atoms with Crippen LogP contribution in [0.1, 0.15) is 29.2 Å². The number of amides is 1. The third kappa shape index (κ3) is 3.81. The molecule has 0 fully saturated rings. The summed E-state index contributed by atoms with van der Waals surface area (Å²) >= 11 is 0. The molecule has 1 heterocycles. The van der Waals surface area contributed by atoms with Crippen LogP contribution < -0.4 is 10.6 Å². The largest absolute Gasteiger partial charge is 0.416 e. The van der Waals surface area contributed by atoms with Crippen molar-refractivity contribution in [2.24, 2.45) is 0 Å². The summed E-state index contributed by atoms with van der Waals surface area (Å²) in [6.07, 6.45) is -0.549. The lowest BCUT2D eigenvalue weighted by atomic mass is 10.1. The number of nitrogens with zero attached hydrogens (tertiary/aromatic N) is 1. The summed E-state index contributed by atoms with van der Waals surface area (Å²) in [4.78, 5) is 15.3. The first-order valence-electron chi connectivity index (χ1n) is 7.73. The number of hydrogen-bond acceptors (Lipinski definition) is 3. The first-order chi connectivity index (χ1) is 11.9. The molecule has 25 heavy (non-hydrogen) atoms. The van der Waals surface area contributed by atoms with Gasteiger partial charge in [0.15, 0.2) is 0 Å². The summed E-state index contributed by atoms with van der Waals surface area (Å²) in [5, 5.41) is 5.76. The standard InChI is InChI=1S/C18H16F3N3O/c1-2-17(25)23-13-4-5-14-11(9-13)3-6-15(14)24-16-10-12(7-8-22-16)18(19,20)21/h2,4-5,7-10,15H,1,3,6H2,(H,22,24)(H,23,25). The van der Waals surface area contributed by atoms with Gasteiger partial charge in [-0.15, -0.1) is 0 Å². The van der Waals surface area contributed by atoms with Crippen LogP contribution in [0.3, 0.4) is 0 Å². The third-order valence-electron chi connectivity index (χ3n) is 4.08.